The van der Waals surface area contributed by atoms with Gasteiger partial charge in [-0.05, 0) is 19.1 Å². The van der Waals surface area contributed by atoms with E-state index in [1.807, 2.05) is 0 Å². The first-order valence-corrected chi connectivity index (χ1v) is 5.31. The second-order valence-electron chi connectivity index (χ2n) is 3.66. The maximum Gasteiger partial charge on any atom is 0.192 e. The first kappa shape index (κ1) is 10.9. The predicted molar refractivity (Wildman–Crippen MR) is 55.3 cm³/mol. The molecule has 2 unspecified atom stereocenters. The van der Waals surface area contributed by atoms with E-state index in [0.29, 0.717) is 18.1 Å². The zero-order chi connectivity index (χ0) is 10.9. The topological polar surface area (TPSA) is 18.5 Å². The molecule has 1 aromatic rings. The summed E-state index contributed by atoms with van der Waals surface area (Å²) in [5.74, 6) is -0.790. The summed E-state index contributed by atoms with van der Waals surface area (Å²) in [5.41, 5.74) is 0.676. The minimum Gasteiger partial charge on any atom is -0.343 e. The molecule has 4 heteroatoms. The van der Waals surface area contributed by atoms with Crippen LogP contribution in [0.2, 0.25) is 0 Å². The van der Waals surface area contributed by atoms with Crippen LogP contribution in [-0.4, -0.2) is 18.6 Å². The highest BCUT2D eigenvalue weighted by atomic mass is 35.5. The lowest BCUT2D eigenvalue weighted by molar-refractivity contribution is -0.159. The average molecular weight is 231 g/mol. The summed E-state index contributed by atoms with van der Waals surface area (Å²) < 4.78 is 24.2. The van der Waals surface area contributed by atoms with Crippen LogP contribution in [-0.2, 0) is 15.3 Å². The Morgan fingerprint density at radius 3 is 3.00 bits per heavy atom. The Morgan fingerprint density at radius 2 is 2.40 bits per heavy atom. The van der Waals surface area contributed by atoms with Crippen LogP contribution in [0.1, 0.15) is 12.5 Å². The van der Waals surface area contributed by atoms with Crippen LogP contribution in [0.3, 0.4) is 0 Å². The third kappa shape index (κ3) is 2.14. The van der Waals surface area contributed by atoms with Crippen molar-refractivity contribution < 1.29 is 13.9 Å². The fraction of sp³-hybridized carbons (Fsp3) is 0.455. The van der Waals surface area contributed by atoms with Crippen molar-refractivity contribution in [3.8, 4) is 0 Å². The van der Waals surface area contributed by atoms with Crippen LogP contribution < -0.4 is 0 Å². The Kier molecular flexibility index (Phi) is 2.96. The Bertz CT molecular complexity index is 358. The highest BCUT2D eigenvalue weighted by Gasteiger charge is 2.38. The molecular formula is C11H12ClFO2. The Hall–Kier alpha value is -0.640. The second kappa shape index (κ2) is 4.08. The van der Waals surface area contributed by atoms with Crippen LogP contribution in [0.5, 0.6) is 0 Å². The highest BCUT2D eigenvalue weighted by molar-refractivity contribution is 6.18. The van der Waals surface area contributed by atoms with Crippen molar-refractivity contribution in [1.29, 1.82) is 0 Å². The van der Waals surface area contributed by atoms with Crippen molar-refractivity contribution in [3.05, 3.63) is 35.6 Å². The summed E-state index contributed by atoms with van der Waals surface area (Å²) in [6, 6.07) is 6.22. The maximum absolute atomic E-state index is 13.0. The van der Waals surface area contributed by atoms with Gasteiger partial charge in [0.05, 0.1) is 18.6 Å². The molecule has 0 bridgehead atoms. The number of benzene rings is 1. The molecule has 2 nitrogen and oxygen atoms in total. The Balaban J connectivity index is 2.23. The van der Waals surface area contributed by atoms with Gasteiger partial charge in [0.2, 0.25) is 0 Å². The number of rotatable bonds is 2. The second-order valence-corrected chi connectivity index (χ2v) is 3.97. The summed E-state index contributed by atoms with van der Waals surface area (Å²) in [6.45, 7) is 2.21. The zero-order valence-electron chi connectivity index (χ0n) is 8.37. The van der Waals surface area contributed by atoms with Crippen LogP contribution in [0.15, 0.2) is 24.3 Å². The van der Waals surface area contributed by atoms with Gasteiger partial charge in [0.1, 0.15) is 5.82 Å². The van der Waals surface area contributed by atoms with Crippen molar-refractivity contribution >= 4 is 11.6 Å². The summed E-state index contributed by atoms with van der Waals surface area (Å²) in [7, 11) is 0. The Morgan fingerprint density at radius 1 is 1.60 bits per heavy atom. The summed E-state index contributed by atoms with van der Waals surface area (Å²) >= 11 is 5.67. The predicted octanol–water partition coefficient (Wildman–Crippen LogP) is 2.65. The summed E-state index contributed by atoms with van der Waals surface area (Å²) in [6.07, 6.45) is -0.125. The molecule has 0 radical (unpaired) electrons. The number of hydrogen-bond donors (Lipinski definition) is 0. The van der Waals surface area contributed by atoms with E-state index in [1.54, 1.807) is 19.1 Å². The van der Waals surface area contributed by atoms with E-state index >= 15 is 0 Å². The van der Waals surface area contributed by atoms with Gasteiger partial charge in [-0.2, -0.15) is 0 Å². The number of alkyl halides is 1. The quantitative estimate of drug-likeness (QED) is 0.728. The van der Waals surface area contributed by atoms with E-state index in [-0.39, 0.29) is 11.9 Å². The molecule has 0 aromatic heterocycles. The molecule has 1 fully saturated rings. The molecule has 2 atom stereocenters. The van der Waals surface area contributed by atoms with Crippen LogP contribution in [0.25, 0.3) is 0 Å². The van der Waals surface area contributed by atoms with Gasteiger partial charge in [-0.3, -0.25) is 0 Å². The average Bonchev–Trinajstić information content (AvgIpc) is 2.62. The molecule has 1 heterocycles. The first-order chi connectivity index (χ1) is 7.14. The van der Waals surface area contributed by atoms with Gasteiger partial charge in [0, 0.05) is 5.56 Å². The molecule has 1 aliphatic heterocycles. The molecule has 1 aliphatic rings. The van der Waals surface area contributed by atoms with Crippen molar-refractivity contribution in [3.63, 3.8) is 0 Å². The minimum absolute atomic E-state index is 0.125. The smallest absolute Gasteiger partial charge is 0.192 e. The molecular weight excluding hydrogens is 219 g/mol. The standard InChI is InChI=1S/C11H12ClFO2/c1-11(14-7-10(6-12)15-11)8-3-2-4-9(13)5-8/h2-5,10H,6-7H2,1H3. The van der Waals surface area contributed by atoms with Gasteiger partial charge >= 0.3 is 0 Å². The van der Waals surface area contributed by atoms with Gasteiger partial charge in [-0.1, -0.05) is 12.1 Å². The number of hydrogen-bond acceptors (Lipinski definition) is 2. The van der Waals surface area contributed by atoms with Gasteiger partial charge in [0.15, 0.2) is 5.79 Å². The van der Waals surface area contributed by atoms with E-state index in [2.05, 4.69) is 0 Å². The third-order valence-corrected chi connectivity index (χ3v) is 2.80. The van der Waals surface area contributed by atoms with Gasteiger partial charge in [-0.25, -0.2) is 4.39 Å². The monoisotopic (exact) mass is 230 g/mol. The van der Waals surface area contributed by atoms with Crippen LogP contribution in [0.4, 0.5) is 4.39 Å². The molecule has 2 rings (SSSR count). The molecule has 15 heavy (non-hydrogen) atoms. The lowest BCUT2D eigenvalue weighted by Gasteiger charge is -2.23. The summed E-state index contributed by atoms with van der Waals surface area (Å²) in [4.78, 5) is 0. The van der Waals surface area contributed by atoms with Crippen LogP contribution in [0, 0.1) is 5.82 Å². The van der Waals surface area contributed by atoms with Gasteiger partial charge < -0.3 is 9.47 Å². The van der Waals surface area contributed by atoms with Crippen molar-refractivity contribution in [2.75, 3.05) is 12.5 Å². The molecule has 0 amide bonds. The maximum atomic E-state index is 13.0. The normalized spacial score (nSPS) is 30.7. The van der Waals surface area contributed by atoms with Crippen LogP contribution >= 0.6 is 11.6 Å². The van der Waals surface area contributed by atoms with E-state index < -0.39 is 5.79 Å². The van der Waals surface area contributed by atoms with Crippen molar-refractivity contribution in [1.82, 2.24) is 0 Å². The number of halogens is 2. The van der Waals surface area contributed by atoms with Gasteiger partial charge in [-0.15, -0.1) is 11.6 Å². The molecule has 0 N–H and O–H groups in total. The Labute approximate surface area is 92.9 Å². The van der Waals surface area contributed by atoms with E-state index in [0.717, 1.165) is 0 Å². The molecule has 1 saturated heterocycles. The fourth-order valence-corrected chi connectivity index (χ4v) is 1.79. The van der Waals surface area contributed by atoms with Crippen molar-refractivity contribution in [2.45, 2.75) is 18.8 Å². The molecule has 82 valence electrons. The van der Waals surface area contributed by atoms with Gasteiger partial charge in [0.25, 0.3) is 0 Å². The third-order valence-electron chi connectivity index (χ3n) is 2.46. The largest absolute Gasteiger partial charge is 0.343 e. The molecule has 0 spiro atoms. The van der Waals surface area contributed by atoms with E-state index in [4.69, 9.17) is 21.1 Å². The molecule has 0 saturated carbocycles. The zero-order valence-corrected chi connectivity index (χ0v) is 9.13. The fourth-order valence-electron chi connectivity index (χ4n) is 1.64. The SMILES string of the molecule is CC1(c2cccc(F)c2)OCC(CCl)O1. The number of ether oxygens (including phenoxy) is 2. The summed E-state index contributed by atoms with van der Waals surface area (Å²) in [5, 5.41) is 0. The molecule has 1 aromatic carbocycles. The highest BCUT2D eigenvalue weighted by Crippen LogP contribution is 2.34. The lowest BCUT2D eigenvalue weighted by atomic mass is 10.1. The molecule has 0 aliphatic carbocycles. The lowest BCUT2D eigenvalue weighted by Crippen LogP contribution is -2.24. The van der Waals surface area contributed by atoms with Crippen molar-refractivity contribution in [2.24, 2.45) is 0 Å². The minimum atomic E-state index is -0.873. The van der Waals surface area contributed by atoms with E-state index in [1.165, 1.54) is 12.1 Å². The van der Waals surface area contributed by atoms with E-state index in [9.17, 15) is 4.39 Å². The first-order valence-electron chi connectivity index (χ1n) is 4.78.